The van der Waals surface area contributed by atoms with Crippen molar-refractivity contribution >= 4 is 11.9 Å². The highest BCUT2D eigenvalue weighted by Gasteiger charge is 2.19. The standard InChI is InChI=1S/C14H24N2O3/c1-3-16(12-7-5-4-6-8-12)13(17)11-15(2)10-9-14(18)19/h7H,3-6,8-11H2,1-2H3,(H,18,19). The molecule has 5 heteroatoms. The minimum absolute atomic E-state index is 0.0588. The van der Waals surface area contributed by atoms with Crippen LogP contribution in [0.25, 0.3) is 0 Å². The highest BCUT2D eigenvalue weighted by molar-refractivity contribution is 5.80. The van der Waals surface area contributed by atoms with E-state index >= 15 is 0 Å². The Morgan fingerprint density at radius 1 is 1.37 bits per heavy atom. The maximum atomic E-state index is 12.2. The number of carbonyl (C=O) groups excluding carboxylic acids is 1. The zero-order valence-corrected chi connectivity index (χ0v) is 11.9. The van der Waals surface area contributed by atoms with Crippen molar-refractivity contribution in [3.8, 4) is 0 Å². The minimum atomic E-state index is -0.832. The van der Waals surface area contributed by atoms with Crippen LogP contribution in [-0.4, -0.2) is 53.5 Å². The molecule has 0 unspecified atom stereocenters. The summed E-state index contributed by atoms with van der Waals surface area (Å²) in [5.41, 5.74) is 1.13. The summed E-state index contributed by atoms with van der Waals surface area (Å²) >= 11 is 0. The van der Waals surface area contributed by atoms with Gasteiger partial charge in [-0.2, -0.15) is 0 Å². The number of carboxylic acids is 1. The van der Waals surface area contributed by atoms with Crippen LogP contribution in [0.5, 0.6) is 0 Å². The van der Waals surface area contributed by atoms with Crippen molar-refractivity contribution in [2.75, 3.05) is 26.7 Å². The largest absolute Gasteiger partial charge is 0.481 e. The van der Waals surface area contributed by atoms with Crippen LogP contribution in [0.3, 0.4) is 0 Å². The average molecular weight is 268 g/mol. The molecule has 0 radical (unpaired) electrons. The van der Waals surface area contributed by atoms with Gasteiger partial charge in [-0.3, -0.25) is 14.5 Å². The Hall–Kier alpha value is -1.36. The first-order valence-corrected chi connectivity index (χ1v) is 6.94. The molecule has 1 aliphatic rings. The van der Waals surface area contributed by atoms with Crippen molar-refractivity contribution in [1.29, 1.82) is 0 Å². The van der Waals surface area contributed by atoms with Gasteiger partial charge in [-0.25, -0.2) is 0 Å². The Morgan fingerprint density at radius 3 is 2.63 bits per heavy atom. The van der Waals surface area contributed by atoms with Crippen molar-refractivity contribution in [2.45, 2.75) is 39.0 Å². The third-order valence-corrected chi connectivity index (χ3v) is 3.34. The van der Waals surface area contributed by atoms with E-state index in [0.717, 1.165) is 25.0 Å². The van der Waals surface area contributed by atoms with Crippen LogP contribution in [0.15, 0.2) is 11.8 Å². The van der Waals surface area contributed by atoms with Gasteiger partial charge in [0.05, 0.1) is 13.0 Å². The van der Waals surface area contributed by atoms with Crippen molar-refractivity contribution in [3.05, 3.63) is 11.8 Å². The van der Waals surface area contributed by atoms with Gasteiger partial charge in [0.25, 0.3) is 0 Å². The molecule has 0 aromatic rings. The molecule has 0 atom stereocenters. The number of likely N-dealkylation sites (N-methyl/N-ethyl adjacent to an activating group) is 2. The van der Waals surface area contributed by atoms with Gasteiger partial charge in [0, 0.05) is 18.8 Å². The van der Waals surface area contributed by atoms with E-state index in [2.05, 4.69) is 6.08 Å². The fourth-order valence-corrected chi connectivity index (χ4v) is 2.29. The Bertz CT molecular complexity index is 353. The van der Waals surface area contributed by atoms with E-state index in [1.165, 1.54) is 6.42 Å². The topological polar surface area (TPSA) is 60.9 Å². The molecule has 0 saturated carbocycles. The number of hydrogen-bond donors (Lipinski definition) is 1. The first kappa shape index (κ1) is 15.7. The van der Waals surface area contributed by atoms with Gasteiger partial charge in [-0.15, -0.1) is 0 Å². The second-order valence-electron chi connectivity index (χ2n) is 4.96. The summed E-state index contributed by atoms with van der Waals surface area (Å²) in [5.74, 6) is -0.773. The Kier molecular flexibility index (Phi) is 6.56. The van der Waals surface area contributed by atoms with Gasteiger partial charge in [-0.05, 0) is 39.7 Å². The predicted octanol–water partition coefficient (Wildman–Crippen LogP) is 1.70. The number of aliphatic carboxylic acids is 1. The molecule has 5 nitrogen and oxygen atoms in total. The number of amides is 1. The van der Waals surface area contributed by atoms with Crippen LogP contribution in [0.1, 0.15) is 39.0 Å². The van der Waals surface area contributed by atoms with E-state index in [0.29, 0.717) is 13.1 Å². The second-order valence-corrected chi connectivity index (χ2v) is 4.96. The molecule has 108 valence electrons. The lowest BCUT2D eigenvalue weighted by molar-refractivity contribution is -0.138. The summed E-state index contributed by atoms with van der Waals surface area (Å²) < 4.78 is 0. The molecule has 1 amide bonds. The SMILES string of the molecule is CCN(C(=O)CN(C)CCC(=O)O)C1=CCCCC1. The lowest BCUT2D eigenvalue weighted by Gasteiger charge is -2.28. The molecule has 0 bridgehead atoms. The van der Waals surface area contributed by atoms with Crippen LogP contribution >= 0.6 is 0 Å². The quantitative estimate of drug-likeness (QED) is 0.763. The normalized spacial score (nSPS) is 15.2. The van der Waals surface area contributed by atoms with E-state index in [-0.39, 0.29) is 18.9 Å². The van der Waals surface area contributed by atoms with E-state index in [1.807, 2.05) is 11.8 Å². The lowest BCUT2D eigenvalue weighted by Crippen LogP contribution is -2.39. The van der Waals surface area contributed by atoms with Gasteiger partial charge in [0.2, 0.25) is 5.91 Å². The van der Waals surface area contributed by atoms with E-state index < -0.39 is 5.97 Å². The molecule has 0 aromatic heterocycles. The molecular weight excluding hydrogens is 244 g/mol. The summed E-state index contributed by atoms with van der Waals surface area (Å²) in [7, 11) is 1.78. The summed E-state index contributed by atoms with van der Waals surface area (Å²) in [6.07, 6.45) is 6.59. The smallest absolute Gasteiger partial charge is 0.304 e. The van der Waals surface area contributed by atoms with Crippen LogP contribution < -0.4 is 0 Å². The van der Waals surface area contributed by atoms with Gasteiger partial charge in [-0.1, -0.05) is 6.08 Å². The molecule has 1 aliphatic carbocycles. The molecule has 0 fully saturated rings. The van der Waals surface area contributed by atoms with E-state index in [1.54, 1.807) is 11.9 Å². The third-order valence-electron chi connectivity index (χ3n) is 3.34. The third kappa shape index (κ3) is 5.42. The van der Waals surface area contributed by atoms with Gasteiger partial charge in [0.1, 0.15) is 0 Å². The molecule has 0 aromatic carbocycles. The van der Waals surface area contributed by atoms with Gasteiger partial charge < -0.3 is 10.0 Å². The lowest BCUT2D eigenvalue weighted by atomic mass is 10.0. The predicted molar refractivity (Wildman–Crippen MR) is 73.7 cm³/mol. The molecule has 0 heterocycles. The molecule has 1 rings (SSSR count). The maximum Gasteiger partial charge on any atom is 0.304 e. The Balaban J connectivity index is 2.49. The fourth-order valence-electron chi connectivity index (χ4n) is 2.29. The first-order chi connectivity index (χ1) is 9.04. The summed E-state index contributed by atoms with van der Waals surface area (Å²) in [6.45, 7) is 3.33. The molecular formula is C14H24N2O3. The van der Waals surface area contributed by atoms with E-state index in [9.17, 15) is 9.59 Å². The van der Waals surface area contributed by atoms with Crippen molar-refractivity contribution < 1.29 is 14.7 Å². The van der Waals surface area contributed by atoms with Crippen molar-refractivity contribution in [2.24, 2.45) is 0 Å². The molecule has 0 saturated heterocycles. The highest BCUT2D eigenvalue weighted by Crippen LogP contribution is 2.20. The average Bonchev–Trinajstić information content (AvgIpc) is 2.38. The van der Waals surface area contributed by atoms with Crippen molar-refractivity contribution in [3.63, 3.8) is 0 Å². The zero-order chi connectivity index (χ0) is 14.3. The molecule has 0 aliphatic heterocycles. The molecule has 0 spiro atoms. The van der Waals surface area contributed by atoms with Gasteiger partial charge >= 0.3 is 5.97 Å². The molecule has 19 heavy (non-hydrogen) atoms. The summed E-state index contributed by atoms with van der Waals surface area (Å²) in [5, 5.41) is 8.62. The summed E-state index contributed by atoms with van der Waals surface area (Å²) in [4.78, 5) is 26.3. The number of carboxylic acid groups (broad SMARTS) is 1. The number of nitrogens with zero attached hydrogens (tertiary/aromatic N) is 2. The van der Waals surface area contributed by atoms with Crippen LogP contribution in [0, 0.1) is 0 Å². The highest BCUT2D eigenvalue weighted by atomic mass is 16.4. The number of allylic oxidation sites excluding steroid dienone is 2. The Labute approximate surface area is 114 Å². The number of rotatable bonds is 7. The number of carbonyl (C=O) groups is 2. The van der Waals surface area contributed by atoms with Crippen LogP contribution in [0.2, 0.25) is 0 Å². The minimum Gasteiger partial charge on any atom is -0.481 e. The molecule has 1 N–H and O–H groups in total. The van der Waals surface area contributed by atoms with Crippen LogP contribution in [0.4, 0.5) is 0 Å². The van der Waals surface area contributed by atoms with Crippen LogP contribution in [-0.2, 0) is 9.59 Å². The zero-order valence-electron chi connectivity index (χ0n) is 11.9. The Morgan fingerprint density at radius 2 is 2.11 bits per heavy atom. The number of hydrogen-bond acceptors (Lipinski definition) is 3. The first-order valence-electron chi connectivity index (χ1n) is 6.94. The van der Waals surface area contributed by atoms with E-state index in [4.69, 9.17) is 5.11 Å². The second kappa shape index (κ2) is 7.94. The summed E-state index contributed by atoms with van der Waals surface area (Å²) in [6, 6.07) is 0. The van der Waals surface area contributed by atoms with Gasteiger partial charge in [0.15, 0.2) is 0 Å². The van der Waals surface area contributed by atoms with Crippen molar-refractivity contribution in [1.82, 2.24) is 9.80 Å². The maximum absolute atomic E-state index is 12.2. The monoisotopic (exact) mass is 268 g/mol. The fraction of sp³-hybridized carbons (Fsp3) is 0.714.